The monoisotopic (exact) mass is 83.1 g/mol. The second kappa shape index (κ2) is 1.26. The summed E-state index contributed by atoms with van der Waals surface area (Å²) in [6.07, 6.45) is 1.40. The van der Waals surface area contributed by atoms with Crippen LogP contribution in [0, 0.1) is 0 Å². The number of nitrogens with zero attached hydrogens (tertiary/aromatic N) is 1. The first-order valence-corrected chi connectivity index (χ1v) is 2.51. The van der Waals surface area contributed by atoms with Crippen LogP contribution in [0.5, 0.6) is 0 Å². The normalized spacial score (nSPS) is 34.7. The van der Waals surface area contributed by atoms with Crippen molar-refractivity contribution in [1.29, 1.82) is 0 Å². The van der Waals surface area contributed by atoms with Gasteiger partial charge in [0.1, 0.15) is 0 Å². The quantitative estimate of drug-likeness (QED) is 0.375. The van der Waals surface area contributed by atoms with Gasteiger partial charge < -0.3 is 4.81 Å². The number of rotatable bonds is 0. The molecule has 0 aromatic heterocycles. The predicted octanol–water partition coefficient (Wildman–Crippen LogP) is 0.0901. The van der Waals surface area contributed by atoms with E-state index < -0.39 is 0 Å². The third-order valence-electron chi connectivity index (χ3n) is 1.65. The van der Waals surface area contributed by atoms with Crippen molar-refractivity contribution in [3.05, 3.63) is 0 Å². The second-order valence-corrected chi connectivity index (χ2v) is 2.12. The van der Waals surface area contributed by atoms with Crippen LogP contribution in [0.2, 0.25) is 6.32 Å². The summed E-state index contributed by atoms with van der Waals surface area (Å²) in [4.78, 5) is 2.35. The maximum Gasteiger partial charge on any atom is 0.205 e. The SMILES string of the molecule is CC1CBN1C. The third kappa shape index (κ3) is 0.452. The summed E-state index contributed by atoms with van der Waals surface area (Å²) in [5, 5.41) is 0. The highest BCUT2D eigenvalue weighted by Gasteiger charge is 2.19. The maximum atomic E-state index is 2.35. The highest BCUT2D eigenvalue weighted by molar-refractivity contribution is 6.35. The van der Waals surface area contributed by atoms with E-state index in [0.717, 1.165) is 6.04 Å². The summed E-state index contributed by atoms with van der Waals surface area (Å²) in [7, 11) is 3.47. The molecule has 0 saturated carbocycles. The number of hydrogen-bond donors (Lipinski definition) is 0. The first-order valence-electron chi connectivity index (χ1n) is 2.51. The zero-order valence-electron chi connectivity index (χ0n) is 4.44. The Hall–Kier alpha value is 0.0249. The fourth-order valence-electron chi connectivity index (χ4n) is 0.645. The lowest BCUT2D eigenvalue weighted by atomic mass is 9.71. The van der Waals surface area contributed by atoms with E-state index in [0.29, 0.717) is 0 Å². The third-order valence-corrected chi connectivity index (χ3v) is 1.65. The molecule has 1 heterocycles. The molecule has 0 amide bonds. The van der Waals surface area contributed by atoms with Gasteiger partial charge in [0.15, 0.2) is 0 Å². The molecule has 1 fully saturated rings. The Balaban J connectivity index is 2.20. The maximum absolute atomic E-state index is 2.35. The highest BCUT2D eigenvalue weighted by atomic mass is 15.1. The van der Waals surface area contributed by atoms with Crippen LogP contribution in [0.1, 0.15) is 6.92 Å². The van der Waals surface area contributed by atoms with Crippen molar-refractivity contribution >= 4 is 7.41 Å². The molecule has 1 nitrogen and oxygen atoms in total. The van der Waals surface area contributed by atoms with E-state index in [1.165, 1.54) is 13.7 Å². The summed E-state index contributed by atoms with van der Waals surface area (Å²) in [5.74, 6) is 0. The molecule has 1 aliphatic heterocycles. The molecule has 34 valence electrons. The minimum Gasteiger partial charge on any atom is -0.346 e. The van der Waals surface area contributed by atoms with Crippen molar-refractivity contribution in [3.8, 4) is 0 Å². The molecule has 0 N–H and O–H groups in total. The second-order valence-electron chi connectivity index (χ2n) is 2.12. The van der Waals surface area contributed by atoms with Crippen LogP contribution in [0.15, 0.2) is 0 Å². The zero-order valence-corrected chi connectivity index (χ0v) is 4.44. The van der Waals surface area contributed by atoms with E-state index in [9.17, 15) is 0 Å². The molecule has 0 bridgehead atoms. The van der Waals surface area contributed by atoms with Crippen molar-refractivity contribution in [3.63, 3.8) is 0 Å². The Kier molecular flexibility index (Phi) is 0.883. The van der Waals surface area contributed by atoms with Crippen LogP contribution in [0.3, 0.4) is 0 Å². The van der Waals surface area contributed by atoms with Crippen molar-refractivity contribution in [2.24, 2.45) is 0 Å². The summed E-state index contributed by atoms with van der Waals surface area (Å²) < 4.78 is 0. The summed E-state index contributed by atoms with van der Waals surface area (Å²) >= 11 is 0. The highest BCUT2D eigenvalue weighted by Crippen LogP contribution is 2.10. The van der Waals surface area contributed by atoms with Crippen LogP contribution in [0.25, 0.3) is 0 Å². The van der Waals surface area contributed by atoms with E-state index in [1.807, 2.05) is 0 Å². The fraction of sp³-hybridized carbons (Fsp3) is 1.00. The van der Waals surface area contributed by atoms with Gasteiger partial charge in [-0.25, -0.2) is 0 Å². The van der Waals surface area contributed by atoms with Gasteiger partial charge in [-0.05, 0) is 19.4 Å². The Morgan fingerprint density at radius 1 is 1.83 bits per heavy atom. The van der Waals surface area contributed by atoms with E-state index >= 15 is 0 Å². The lowest BCUT2D eigenvalue weighted by molar-refractivity contribution is 0.379. The Morgan fingerprint density at radius 3 is 2.33 bits per heavy atom. The average molecular weight is 82.9 g/mol. The van der Waals surface area contributed by atoms with Crippen LogP contribution in [-0.4, -0.2) is 25.3 Å². The summed E-state index contributed by atoms with van der Waals surface area (Å²) in [6.45, 7) is 2.25. The molecule has 6 heavy (non-hydrogen) atoms. The van der Waals surface area contributed by atoms with Gasteiger partial charge in [0.2, 0.25) is 7.41 Å². The molecule has 0 spiro atoms. The van der Waals surface area contributed by atoms with Gasteiger partial charge in [-0.15, -0.1) is 0 Å². The molecular formula is C4H10BN. The molecule has 0 aromatic rings. The van der Waals surface area contributed by atoms with E-state index in [1.54, 1.807) is 0 Å². The minimum absolute atomic E-state index is 0.866. The summed E-state index contributed by atoms with van der Waals surface area (Å²) in [5.41, 5.74) is 0. The summed E-state index contributed by atoms with van der Waals surface area (Å²) in [6, 6.07) is 0.866. The topological polar surface area (TPSA) is 3.24 Å². The Morgan fingerprint density at radius 2 is 2.33 bits per heavy atom. The predicted molar refractivity (Wildman–Crippen MR) is 29.2 cm³/mol. The van der Waals surface area contributed by atoms with Gasteiger partial charge >= 0.3 is 0 Å². The zero-order chi connectivity index (χ0) is 4.57. The van der Waals surface area contributed by atoms with Crippen LogP contribution >= 0.6 is 0 Å². The molecule has 0 aliphatic carbocycles. The van der Waals surface area contributed by atoms with Crippen molar-refractivity contribution < 1.29 is 0 Å². The van der Waals surface area contributed by atoms with Crippen molar-refractivity contribution in [2.75, 3.05) is 7.05 Å². The van der Waals surface area contributed by atoms with E-state index in [2.05, 4.69) is 18.8 Å². The minimum atomic E-state index is 0.866. The lowest BCUT2D eigenvalue weighted by Crippen LogP contribution is -2.44. The van der Waals surface area contributed by atoms with Crippen LogP contribution < -0.4 is 0 Å². The fourth-order valence-corrected chi connectivity index (χ4v) is 0.645. The molecule has 0 radical (unpaired) electrons. The smallest absolute Gasteiger partial charge is 0.205 e. The molecule has 1 unspecified atom stereocenters. The average Bonchev–Trinajstić information content (AvgIpc) is 1.61. The molecule has 1 aliphatic rings. The van der Waals surface area contributed by atoms with E-state index in [4.69, 9.17) is 0 Å². The number of hydrogen-bond acceptors (Lipinski definition) is 1. The molecule has 1 saturated heterocycles. The van der Waals surface area contributed by atoms with Gasteiger partial charge in [-0.3, -0.25) is 0 Å². The molecule has 1 atom stereocenters. The Labute approximate surface area is 39.6 Å². The molecule has 2 heteroatoms. The first kappa shape index (κ1) is 4.19. The van der Waals surface area contributed by atoms with Crippen molar-refractivity contribution in [1.82, 2.24) is 4.81 Å². The first-order chi connectivity index (χ1) is 2.80. The van der Waals surface area contributed by atoms with E-state index in [-0.39, 0.29) is 0 Å². The standard InChI is InChI=1S/C4H10BN/c1-4-3-5-6(4)2/h4-5H,3H2,1-2H3. The molecule has 0 aromatic carbocycles. The largest absolute Gasteiger partial charge is 0.346 e. The van der Waals surface area contributed by atoms with Gasteiger partial charge in [-0.2, -0.15) is 0 Å². The van der Waals surface area contributed by atoms with Gasteiger partial charge in [0, 0.05) is 0 Å². The molecule has 1 rings (SSSR count). The van der Waals surface area contributed by atoms with Gasteiger partial charge in [0.05, 0.1) is 0 Å². The van der Waals surface area contributed by atoms with Gasteiger partial charge in [-0.1, -0.05) is 6.92 Å². The Bertz CT molecular complexity index is 47.5. The lowest BCUT2D eigenvalue weighted by Gasteiger charge is -2.33. The van der Waals surface area contributed by atoms with Crippen molar-refractivity contribution in [2.45, 2.75) is 19.3 Å². The van der Waals surface area contributed by atoms with Crippen LogP contribution in [-0.2, 0) is 0 Å². The van der Waals surface area contributed by atoms with Gasteiger partial charge in [0.25, 0.3) is 0 Å². The molecular weight excluding hydrogens is 72.9 g/mol. The van der Waals surface area contributed by atoms with Crippen LogP contribution in [0.4, 0.5) is 0 Å².